The summed E-state index contributed by atoms with van der Waals surface area (Å²) in [5.41, 5.74) is 0.0227. The number of aromatic nitrogens is 2. The predicted octanol–water partition coefficient (Wildman–Crippen LogP) is -0.746. The van der Waals surface area contributed by atoms with Crippen LogP contribution in [0.4, 0.5) is 0 Å². The highest BCUT2D eigenvalue weighted by Crippen LogP contribution is 2.19. The van der Waals surface area contributed by atoms with E-state index in [-0.39, 0.29) is 9.20 Å². The molecule has 1 aromatic carbocycles. The normalized spacial score (nSPS) is 12.6. The van der Waals surface area contributed by atoms with E-state index in [2.05, 4.69) is 9.79 Å². The Balaban J connectivity index is 2.48. The van der Waals surface area contributed by atoms with Crippen LogP contribution in [0, 0.1) is 6.92 Å². The van der Waals surface area contributed by atoms with Crippen LogP contribution < -0.4 is 10.3 Å². The van der Waals surface area contributed by atoms with Gasteiger partial charge in [-0.3, -0.25) is 9.32 Å². The molecule has 25 heavy (non-hydrogen) atoms. The van der Waals surface area contributed by atoms with Gasteiger partial charge >= 0.3 is 11.6 Å². The number of aliphatic carboxylic acids is 1. The van der Waals surface area contributed by atoms with E-state index >= 15 is 0 Å². The molecule has 0 bridgehead atoms. The maximum absolute atomic E-state index is 12.8. The van der Waals surface area contributed by atoms with E-state index in [4.69, 9.17) is 0 Å². The molecule has 11 heteroatoms. The van der Waals surface area contributed by atoms with E-state index in [1.165, 1.54) is 24.3 Å². The lowest BCUT2D eigenvalue weighted by Gasteiger charge is -2.25. The molecule has 1 atom stereocenters. The fourth-order valence-electron chi connectivity index (χ4n) is 2.19. The quantitative estimate of drug-likeness (QED) is 0.637. The largest absolute Gasteiger partial charge is 0.479 e. The van der Waals surface area contributed by atoms with Crippen LogP contribution in [0.2, 0.25) is 0 Å². The maximum atomic E-state index is 12.8. The molecule has 0 aliphatic carbocycles. The highest BCUT2D eigenvalue weighted by atomic mass is 32.2. The molecule has 10 nitrogen and oxygen atoms in total. The van der Waals surface area contributed by atoms with Crippen molar-refractivity contribution in [2.24, 2.45) is 0 Å². The molecule has 2 rings (SSSR count). The van der Waals surface area contributed by atoms with Gasteiger partial charge in [0.25, 0.3) is 16.2 Å². The standard InChI is InChI=1S/C14H15N3O7S/c1-9-3-5-11(6-4-9)25(22,23)17(10(2)18)12(14(20)21)7-16-8-13(19)24-15-16/h3-6,8,12H,7H2,1-2H3,(H-,15,19,20,21)/p+1. The summed E-state index contributed by atoms with van der Waals surface area (Å²) in [6.07, 6.45) is 0.909. The van der Waals surface area contributed by atoms with Crippen LogP contribution in [0.1, 0.15) is 12.5 Å². The van der Waals surface area contributed by atoms with E-state index in [1.54, 1.807) is 6.92 Å². The number of benzene rings is 1. The summed E-state index contributed by atoms with van der Waals surface area (Å²) in [7, 11) is -4.41. The van der Waals surface area contributed by atoms with Crippen molar-refractivity contribution in [1.29, 1.82) is 0 Å². The zero-order valence-corrected chi connectivity index (χ0v) is 14.2. The van der Waals surface area contributed by atoms with Gasteiger partial charge in [-0.1, -0.05) is 22.4 Å². The number of hydrogen-bond donors (Lipinski definition) is 2. The number of carbonyl (C=O) groups is 2. The number of carboxylic acids is 1. The Hall–Kier alpha value is -2.95. The molecule has 2 aromatic rings. The summed E-state index contributed by atoms with van der Waals surface area (Å²) in [4.78, 5) is 34.4. The number of nitrogens with one attached hydrogen (secondary N) is 1. The van der Waals surface area contributed by atoms with Crippen molar-refractivity contribution in [2.75, 3.05) is 0 Å². The third-order valence-corrected chi connectivity index (χ3v) is 5.25. The molecule has 0 radical (unpaired) electrons. The number of carbonyl (C=O) groups excluding carboxylic acids is 1. The minimum Gasteiger partial charge on any atom is -0.479 e. The van der Waals surface area contributed by atoms with Crippen molar-refractivity contribution >= 4 is 21.9 Å². The van der Waals surface area contributed by atoms with Crippen molar-refractivity contribution < 1.29 is 32.3 Å². The Bertz CT molecular complexity index is 943. The summed E-state index contributed by atoms with van der Waals surface area (Å²) in [6, 6.07) is 3.85. The van der Waals surface area contributed by atoms with Crippen LogP contribution in [-0.4, -0.2) is 41.0 Å². The summed E-state index contributed by atoms with van der Waals surface area (Å²) >= 11 is 0. The second kappa shape index (κ2) is 6.89. The van der Waals surface area contributed by atoms with Crippen LogP contribution in [0.15, 0.2) is 44.7 Å². The zero-order valence-electron chi connectivity index (χ0n) is 13.4. The van der Waals surface area contributed by atoms with Crippen molar-refractivity contribution in [3.05, 3.63) is 46.4 Å². The average Bonchev–Trinajstić information content (AvgIpc) is 2.91. The average molecular weight is 370 g/mol. The van der Waals surface area contributed by atoms with E-state index in [1.807, 2.05) is 0 Å². The van der Waals surface area contributed by atoms with Crippen LogP contribution in [-0.2, 0) is 26.2 Å². The summed E-state index contributed by atoms with van der Waals surface area (Å²) < 4.78 is 31.2. The number of hydrogen-bond acceptors (Lipinski definition) is 6. The van der Waals surface area contributed by atoms with E-state index in [0.29, 0.717) is 0 Å². The van der Waals surface area contributed by atoms with Crippen LogP contribution in [0.5, 0.6) is 0 Å². The van der Waals surface area contributed by atoms with Gasteiger partial charge < -0.3 is 5.11 Å². The van der Waals surface area contributed by atoms with Gasteiger partial charge in [0.2, 0.25) is 18.5 Å². The Morgan fingerprint density at radius 1 is 1.32 bits per heavy atom. The molecule has 1 aromatic heterocycles. The third-order valence-electron chi connectivity index (χ3n) is 3.35. The van der Waals surface area contributed by atoms with Crippen LogP contribution >= 0.6 is 0 Å². The summed E-state index contributed by atoms with van der Waals surface area (Å²) in [5.74, 6) is -2.53. The Kier molecular flexibility index (Phi) is 5.07. The van der Waals surface area contributed by atoms with Gasteiger partial charge in [-0.15, -0.1) is 0 Å². The first-order valence-electron chi connectivity index (χ1n) is 7.05. The number of amides is 1. The number of rotatable bonds is 6. The molecule has 0 saturated heterocycles. The maximum Gasteiger partial charge on any atom is 0.426 e. The fraction of sp³-hybridized carbons (Fsp3) is 0.286. The van der Waals surface area contributed by atoms with Gasteiger partial charge in [-0.25, -0.2) is 22.3 Å². The first kappa shape index (κ1) is 18.4. The van der Waals surface area contributed by atoms with Crippen LogP contribution in [0.25, 0.3) is 0 Å². The zero-order chi connectivity index (χ0) is 18.8. The molecule has 1 heterocycles. The van der Waals surface area contributed by atoms with Crippen LogP contribution in [0.3, 0.4) is 0 Å². The second-order valence-electron chi connectivity index (χ2n) is 5.28. The van der Waals surface area contributed by atoms with E-state index < -0.39 is 40.1 Å². The summed E-state index contributed by atoms with van der Waals surface area (Å²) in [6.45, 7) is 2.18. The molecule has 2 N–H and O–H groups in total. The Morgan fingerprint density at radius 3 is 2.36 bits per heavy atom. The molecule has 134 valence electrons. The fourth-order valence-corrected chi connectivity index (χ4v) is 3.73. The van der Waals surface area contributed by atoms with Gasteiger partial charge in [-0.2, -0.15) is 0 Å². The first-order valence-corrected chi connectivity index (χ1v) is 8.49. The lowest BCUT2D eigenvalue weighted by Crippen LogP contribution is -2.55. The molecule has 0 aliphatic heterocycles. The predicted molar refractivity (Wildman–Crippen MR) is 81.8 cm³/mol. The molecule has 1 unspecified atom stereocenters. The smallest absolute Gasteiger partial charge is 0.426 e. The van der Waals surface area contributed by atoms with E-state index in [9.17, 15) is 27.9 Å². The molecule has 1 amide bonds. The van der Waals surface area contributed by atoms with Crippen molar-refractivity contribution in [1.82, 2.24) is 9.58 Å². The molecule has 0 aliphatic rings. The monoisotopic (exact) mass is 370 g/mol. The molecule has 0 spiro atoms. The SMILES string of the molecule is CC(=O)N(C(C[n+]1cc(=O)o[nH]1)C(=O)O)S(=O)(=O)c1ccc(C)cc1. The third kappa shape index (κ3) is 3.94. The minimum absolute atomic E-state index is 0.217. The first-order chi connectivity index (χ1) is 11.6. The highest BCUT2D eigenvalue weighted by Gasteiger charge is 2.41. The number of nitrogens with zero attached hydrogens (tertiary/aromatic N) is 2. The minimum atomic E-state index is -4.41. The van der Waals surface area contributed by atoms with Crippen molar-refractivity contribution in [3.63, 3.8) is 0 Å². The molecular formula is C14H16N3O7S+. The number of aromatic amines is 1. The Morgan fingerprint density at radius 2 is 1.92 bits per heavy atom. The topological polar surface area (TPSA) is 142 Å². The molecular weight excluding hydrogens is 354 g/mol. The number of sulfonamides is 1. The lowest BCUT2D eigenvalue weighted by molar-refractivity contribution is -0.763. The van der Waals surface area contributed by atoms with Gasteiger partial charge in [-0.05, 0) is 24.3 Å². The highest BCUT2D eigenvalue weighted by molar-refractivity contribution is 7.89. The van der Waals surface area contributed by atoms with Crippen molar-refractivity contribution in [3.8, 4) is 0 Å². The molecule has 0 saturated carbocycles. The van der Waals surface area contributed by atoms with E-state index in [0.717, 1.165) is 23.4 Å². The summed E-state index contributed by atoms with van der Waals surface area (Å²) in [5, 5.41) is 11.5. The van der Waals surface area contributed by atoms with Gasteiger partial charge in [0.15, 0.2) is 0 Å². The van der Waals surface area contributed by atoms with Crippen molar-refractivity contribution in [2.45, 2.75) is 31.3 Å². The number of carboxylic acid groups (broad SMARTS) is 1. The lowest BCUT2D eigenvalue weighted by atomic mass is 10.2. The molecule has 0 fully saturated rings. The number of aryl methyl sites for hydroxylation is 1. The van der Waals surface area contributed by atoms with Gasteiger partial charge in [0, 0.05) is 6.92 Å². The number of H-pyrrole nitrogens is 1. The second-order valence-corrected chi connectivity index (χ2v) is 7.10. The van der Waals surface area contributed by atoms with Gasteiger partial charge in [0.1, 0.15) is 0 Å². The Labute approximate surface area is 142 Å². The van der Waals surface area contributed by atoms with Gasteiger partial charge in [0.05, 0.1) is 4.90 Å².